The molecule has 0 saturated carbocycles. The summed E-state index contributed by atoms with van der Waals surface area (Å²) >= 11 is 1.52. The first-order valence-corrected chi connectivity index (χ1v) is 7.19. The smallest absolute Gasteiger partial charge is 0.256 e. The van der Waals surface area contributed by atoms with Crippen molar-refractivity contribution < 1.29 is 8.81 Å². The normalized spacial score (nSPS) is 11.1. The highest BCUT2D eigenvalue weighted by atomic mass is 32.1. The summed E-state index contributed by atoms with van der Waals surface area (Å²) in [5.41, 5.74) is 1.58. The number of nitrogens with zero attached hydrogens (tertiary/aromatic N) is 2. The molecule has 0 radical (unpaired) electrons. The number of halogens is 1. The Morgan fingerprint density at radius 3 is 2.81 bits per heavy atom. The Balaban J connectivity index is 1.77. The van der Waals surface area contributed by atoms with Crippen molar-refractivity contribution in [3.63, 3.8) is 0 Å². The Bertz CT molecular complexity index is 896. The van der Waals surface area contributed by atoms with Gasteiger partial charge in [0.15, 0.2) is 10.8 Å². The third kappa shape index (κ3) is 2.21. The second kappa shape index (κ2) is 4.79. The molecule has 0 spiro atoms. The summed E-state index contributed by atoms with van der Waals surface area (Å²) in [4.78, 5) is 8.74. The lowest BCUT2D eigenvalue weighted by Gasteiger charge is -1.95. The molecule has 2 heterocycles. The topological polar surface area (TPSA) is 38.9 Å². The summed E-state index contributed by atoms with van der Waals surface area (Å²) in [5, 5.41) is 0.721. The van der Waals surface area contributed by atoms with E-state index in [0.29, 0.717) is 17.2 Å². The van der Waals surface area contributed by atoms with Crippen molar-refractivity contribution in [2.75, 3.05) is 0 Å². The summed E-state index contributed by atoms with van der Waals surface area (Å²) in [7, 11) is 0. The molecule has 4 rings (SSSR count). The number of rotatable bonds is 2. The van der Waals surface area contributed by atoms with Gasteiger partial charge in [-0.25, -0.2) is 14.4 Å². The quantitative estimate of drug-likeness (QED) is 0.535. The van der Waals surface area contributed by atoms with E-state index in [0.717, 1.165) is 15.2 Å². The minimum atomic E-state index is -0.301. The molecule has 0 saturated heterocycles. The van der Waals surface area contributed by atoms with Crippen molar-refractivity contribution in [1.82, 2.24) is 9.97 Å². The molecule has 4 aromatic rings. The van der Waals surface area contributed by atoms with Crippen LogP contribution in [0.3, 0.4) is 0 Å². The Labute approximate surface area is 123 Å². The van der Waals surface area contributed by atoms with Gasteiger partial charge in [0.1, 0.15) is 5.82 Å². The summed E-state index contributed by atoms with van der Waals surface area (Å²) in [5.74, 6) is 0.685. The van der Waals surface area contributed by atoms with Crippen LogP contribution in [0, 0.1) is 5.82 Å². The third-order valence-corrected chi connectivity index (χ3v) is 4.12. The molecule has 21 heavy (non-hydrogen) atoms. The van der Waals surface area contributed by atoms with Gasteiger partial charge in [-0.1, -0.05) is 24.3 Å². The van der Waals surface area contributed by atoms with Crippen LogP contribution in [-0.4, -0.2) is 9.97 Å². The summed E-state index contributed by atoms with van der Waals surface area (Å²) in [6.45, 7) is 0. The summed E-state index contributed by atoms with van der Waals surface area (Å²) in [6.07, 6.45) is 1.59. The molecule has 3 nitrogen and oxygen atoms in total. The molecule has 0 N–H and O–H groups in total. The van der Waals surface area contributed by atoms with Gasteiger partial charge >= 0.3 is 0 Å². The van der Waals surface area contributed by atoms with Crippen LogP contribution in [0.1, 0.15) is 0 Å². The lowest BCUT2D eigenvalue weighted by Crippen LogP contribution is -1.76. The Morgan fingerprint density at radius 1 is 1.05 bits per heavy atom. The molecule has 2 aromatic carbocycles. The Hall–Kier alpha value is -2.53. The van der Waals surface area contributed by atoms with E-state index >= 15 is 0 Å². The molecule has 5 heteroatoms. The first-order valence-electron chi connectivity index (χ1n) is 6.37. The molecule has 102 valence electrons. The van der Waals surface area contributed by atoms with E-state index in [2.05, 4.69) is 9.97 Å². The standard InChI is InChI=1S/C16H9FN2OS/c17-11-5-3-4-10(8-11)13-9-18-15(20-13)16-19-12-6-1-2-7-14(12)21-16/h1-9H. The average Bonchev–Trinajstić information content (AvgIpc) is 3.14. The van der Waals surface area contributed by atoms with Crippen molar-refractivity contribution in [2.24, 2.45) is 0 Å². The molecular formula is C16H9FN2OS. The molecule has 2 aromatic heterocycles. The Kier molecular flexibility index (Phi) is 2.79. The minimum Gasteiger partial charge on any atom is -0.434 e. The third-order valence-electron chi connectivity index (χ3n) is 3.09. The van der Waals surface area contributed by atoms with Gasteiger partial charge in [0.2, 0.25) is 0 Å². The maximum absolute atomic E-state index is 13.2. The maximum Gasteiger partial charge on any atom is 0.256 e. The van der Waals surface area contributed by atoms with Gasteiger partial charge < -0.3 is 4.42 Å². The van der Waals surface area contributed by atoms with Crippen LogP contribution in [0.2, 0.25) is 0 Å². The van der Waals surface area contributed by atoms with Gasteiger partial charge in [0.25, 0.3) is 5.89 Å². The zero-order valence-corrected chi connectivity index (χ0v) is 11.6. The number of hydrogen-bond donors (Lipinski definition) is 0. The highest BCUT2D eigenvalue weighted by molar-refractivity contribution is 7.21. The minimum absolute atomic E-state index is 0.301. The van der Waals surface area contributed by atoms with Crippen molar-refractivity contribution in [3.05, 3.63) is 60.5 Å². The van der Waals surface area contributed by atoms with Crippen LogP contribution >= 0.6 is 11.3 Å². The van der Waals surface area contributed by atoms with Gasteiger partial charge in [0, 0.05) is 5.56 Å². The number of oxazole rings is 1. The van der Waals surface area contributed by atoms with Gasteiger partial charge in [-0.2, -0.15) is 0 Å². The maximum atomic E-state index is 13.2. The zero-order valence-electron chi connectivity index (χ0n) is 10.8. The van der Waals surface area contributed by atoms with Crippen molar-refractivity contribution in [1.29, 1.82) is 0 Å². The molecule has 0 aliphatic rings. The van der Waals surface area contributed by atoms with E-state index < -0.39 is 0 Å². The van der Waals surface area contributed by atoms with Crippen LogP contribution in [0.5, 0.6) is 0 Å². The highest BCUT2D eigenvalue weighted by Crippen LogP contribution is 2.31. The molecule has 0 aliphatic heterocycles. The van der Waals surface area contributed by atoms with Crippen LogP contribution in [-0.2, 0) is 0 Å². The fourth-order valence-electron chi connectivity index (χ4n) is 2.11. The van der Waals surface area contributed by atoms with Crippen LogP contribution in [0.15, 0.2) is 59.1 Å². The van der Waals surface area contributed by atoms with Crippen LogP contribution < -0.4 is 0 Å². The first-order chi connectivity index (χ1) is 10.3. The monoisotopic (exact) mass is 296 g/mol. The fourth-order valence-corrected chi connectivity index (χ4v) is 3.01. The number of fused-ring (bicyclic) bond motifs is 1. The number of para-hydroxylation sites is 1. The second-order valence-electron chi connectivity index (χ2n) is 4.53. The van der Waals surface area contributed by atoms with E-state index in [9.17, 15) is 4.39 Å². The number of hydrogen-bond acceptors (Lipinski definition) is 4. The molecule has 0 atom stereocenters. The van der Waals surface area contributed by atoms with E-state index in [4.69, 9.17) is 4.42 Å². The second-order valence-corrected chi connectivity index (χ2v) is 5.56. The van der Waals surface area contributed by atoms with Gasteiger partial charge in [-0.15, -0.1) is 11.3 Å². The van der Waals surface area contributed by atoms with E-state index in [1.807, 2.05) is 24.3 Å². The van der Waals surface area contributed by atoms with Gasteiger partial charge in [-0.05, 0) is 24.3 Å². The van der Waals surface area contributed by atoms with E-state index in [-0.39, 0.29) is 5.82 Å². The molecular weight excluding hydrogens is 287 g/mol. The average molecular weight is 296 g/mol. The van der Waals surface area contributed by atoms with E-state index in [1.54, 1.807) is 18.3 Å². The molecule has 0 unspecified atom stereocenters. The number of aromatic nitrogens is 2. The van der Waals surface area contributed by atoms with Crippen molar-refractivity contribution in [3.8, 4) is 22.2 Å². The van der Waals surface area contributed by atoms with Crippen molar-refractivity contribution >= 4 is 21.6 Å². The highest BCUT2D eigenvalue weighted by Gasteiger charge is 2.13. The first kappa shape index (κ1) is 12.2. The van der Waals surface area contributed by atoms with Crippen LogP contribution in [0.4, 0.5) is 4.39 Å². The molecule has 0 bridgehead atoms. The lowest BCUT2D eigenvalue weighted by atomic mass is 10.2. The number of benzene rings is 2. The largest absolute Gasteiger partial charge is 0.434 e. The SMILES string of the molecule is Fc1cccc(-c2cnc(-c3nc4ccccc4s3)o2)c1. The number of thiazole rings is 1. The fraction of sp³-hybridized carbons (Fsp3) is 0. The predicted molar refractivity (Wildman–Crippen MR) is 80.5 cm³/mol. The molecule has 0 amide bonds. The summed E-state index contributed by atoms with van der Waals surface area (Å²) in [6, 6.07) is 14.1. The Morgan fingerprint density at radius 2 is 1.95 bits per heavy atom. The van der Waals surface area contributed by atoms with Crippen molar-refractivity contribution in [2.45, 2.75) is 0 Å². The molecule has 0 fully saturated rings. The zero-order chi connectivity index (χ0) is 14.2. The van der Waals surface area contributed by atoms with Gasteiger partial charge in [-0.3, -0.25) is 0 Å². The predicted octanol–water partition coefficient (Wildman–Crippen LogP) is 4.76. The van der Waals surface area contributed by atoms with Gasteiger partial charge in [0.05, 0.1) is 16.4 Å². The van der Waals surface area contributed by atoms with E-state index in [1.165, 1.54) is 23.5 Å². The molecule has 0 aliphatic carbocycles. The lowest BCUT2D eigenvalue weighted by molar-refractivity contribution is 0.586. The van der Waals surface area contributed by atoms with Crippen LogP contribution in [0.25, 0.3) is 32.4 Å². The summed E-state index contributed by atoms with van der Waals surface area (Å²) < 4.78 is 20.0.